The summed E-state index contributed by atoms with van der Waals surface area (Å²) in [6.07, 6.45) is 5.49. The molecule has 0 heterocycles. The molecule has 1 aromatic rings. The zero-order chi connectivity index (χ0) is 21.8. The van der Waals surface area contributed by atoms with Gasteiger partial charge in [-0.1, -0.05) is 11.6 Å². The summed E-state index contributed by atoms with van der Waals surface area (Å²) in [5, 5.41) is 0.0900. The molecule has 6 nitrogen and oxygen atoms in total. The normalized spacial score (nSPS) is 31.0. The van der Waals surface area contributed by atoms with Crippen molar-refractivity contribution in [2.24, 2.45) is 23.2 Å². The smallest absolute Gasteiger partial charge is 0.340 e. The number of sulfonamides is 1. The van der Waals surface area contributed by atoms with E-state index in [4.69, 9.17) is 16.3 Å². The molecule has 8 heteroatoms. The number of hydrogen-bond donors (Lipinski definition) is 0. The largest absolute Gasteiger partial charge is 0.451 e. The van der Waals surface area contributed by atoms with Crippen molar-refractivity contribution in [1.29, 1.82) is 0 Å². The third-order valence-corrected chi connectivity index (χ3v) is 9.29. The van der Waals surface area contributed by atoms with Crippen LogP contribution in [-0.4, -0.2) is 44.7 Å². The van der Waals surface area contributed by atoms with Crippen LogP contribution in [0.2, 0.25) is 5.02 Å². The van der Waals surface area contributed by atoms with E-state index >= 15 is 0 Å². The minimum absolute atomic E-state index is 0.00291. The van der Waals surface area contributed by atoms with E-state index in [-0.39, 0.29) is 26.7 Å². The van der Waals surface area contributed by atoms with E-state index in [2.05, 4.69) is 0 Å². The van der Waals surface area contributed by atoms with Crippen molar-refractivity contribution in [1.82, 2.24) is 4.31 Å². The van der Waals surface area contributed by atoms with E-state index in [0.717, 1.165) is 23.6 Å². The highest BCUT2D eigenvalue weighted by molar-refractivity contribution is 7.89. The van der Waals surface area contributed by atoms with E-state index in [1.54, 1.807) is 6.92 Å². The van der Waals surface area contributed by atoms with Crippen LogP contribution in [-0.2, 0) is 19.6 Å². The molecule has 5 rings (SSSR count). The number of esters is 1. The van der Waals surface area contributed by atoms with Gasteiger partial charge < -0.3 is 4.74 Å². The summed E-state index contributed by atoms with van der Waals surface area (Å²) in [5.74, 6) is 1.07. The van der Waals surface area contributed by atoms with Gasteiger partial charge in [0, 0.05) is 19.5 Å². The van der Waals surface area contributed by atoms with E-state index in [9.17, 15) is 18.0 Å². The minimum atomic E-state index is -3.73. The van der Waals surface area contributed by atoms with Gasteiger partial charge in [-0.2, -0.15) is 0 Å². The van der Waals surface area contributed by atoms with E-state index in [1.165, 1.54) is 51.6 Å². The lowest BCUT2D eigenvalue weighted by Crippen LogP contribution is -2.52. The molecule has 4 bridgehead atoms. The molecule has 1 unspecified atom stereocenters. The Labute approximate surface area is 183 Å². The van der Waals surface area contributed by atoms with Crippen molar-refractivity contribution in [3.8, 4) is 0 Å². The first kappa shape index (κ1) is 21.8. The lowest BCUT2D eigenvalue weighted by atomic mass is 9.48. The molecule has 0 amide bonds. The number of carbonyl (C=O) groups is 2. The van der Waals surface area contributed by atoms with Crippen LogP contribution in [0, 0.1) is 23.2 Å². The number of Topliss-reactive ketones (excluding diaryl/α,β-unsaturated/α-hetero) is 1. The van der Waals surface area contributed by atoms with E-state index in [0.29, 0.717) is 17.8 Å². The molecule has 0 aliphatic heterocycles. The Kier molecular flexibility index (Phi) is 5.52. The van der Waals surface area contributed by atoms with Crippen LogP contribution in [0.15, 0.2) is 23.1 Å². The predicted octanol–water partition coefficient (Wildman–Crippen LogP) is 3.92. The van der Waals surface area contributed by atoms with Gasteiger partial charge in [0.15, 0.2) is 11.9 Å². The van der Waals surface area contributed by atoms with Crippen LogP contribution in [0.25, 0.3) is 0 Å². The van der Waals surface area contributed by atoms with Gasteiger partial charge in [-0.3, -0.25) is 4.79 Å². The SMILES string of the molecule is CC(OC(=O)c1cc(S(=O)(=O)N(C)C)ccc1Cl)C(=O)C12CC3CC(CC(C3)C1)C2. The zero-order valence-electron chi connectivity index (χ0n) is 17.6. The van der Waals surface area contributed by atoms with Gasteiger partial charge in [-0.25, -0.2) is 17.5 Å². The number of halogens is 1. The average Bonchev–Trinajstić information content (AvgIpc) is 2.66. The molecule has 4 fully saturated rings. The Morgan fingerprint density at radius 2 is 1.63 bits per heavy atom. The molecule has 4 saturated carbocycles. The molecule has 0 spiro atoms. The van der Waals surface area contributed by atoms with Crippen molar-refractivity contribution < 1.29 is 22.7 Å². The second-order valence-electron chi connectivity index (χ2n) is 9.54. The molecular formula is C22H28ClNO5S. The van der Waals surface area contributed by atoms with Crippen molar-refractivity contribution in [2.45, 2.75) is 56.4 Å². The fourth-order valence-electron chi connectivity index (χ4n) is 6.15. The second-order valence-corrected chi connectivity index (χ2v) is 12.1. The van der Waals surface area contributed by atoms with Gasteiger partial charge in [-0.05, 0) is 81.4 Å². The first-order valence-electron chi connectivity index (χ1n) is 10.5. The Morgan fingerprint density at radius 1 is 1.10 bits per heavy atom. The number of ketones is 1. The third-order valence-electron chi connectivity index (χ3n) is 7.15. The quantitative estimate of drug-likeness (QED) is 0.610. The third kappa shape index (κ3) is 3.69. The maximum Gasteiger partial charge on any atom is 0.340 e. The Hall–Kier alpha value is -1.44. The first-order chi connectivity index (χ1) is 14.0. The van der Waals surface area contributed by atoms with Crippen LogP contribution in [0.5, 0.6) is 0 Å². The standard InChI is InChI=1S/C22H28ClNO5S/c1-13(20(25)22-10-14-6-15(11-22)8-16(7-14)12-22)29-21(26)18-9-17(4-5-19(18)23)30(27,28)24(2)3/h4-5,9,13-16H,6-8,10-12H2,1-3H3. The van der Waals surface area contributed by atoms with Gasteiger partial charge in [0.1, 0.15) is 0 Å². The summed E-state index contributed by atoms with van der Waals surface area (Å²) in [4.78, 5) is 26.1. The van der Waals surface area contributed by atoms with Crippen molar-refractivity contribution in [3.05, 3.63) is 28.8 Å². The van der Waals surface area contributed by atoms with Crippen LogP contribution in [0.4, 0.5) is 0 Å². The van der Waals surface area contributed by atoms with Gasteiger partial charge in [-0.15, -0.1) is 0 Å². The van der Waals surface area contributed by atoms with Crippen LogP contribution in [0.3, 0.4) is 0 Å². The second kappa shape index (κ2) is 7.61. The van der Waals surface area contributed by atoms with Crippen LogP contribution >= 0.6 is 11.6 Å². The maximum absolute atomic E-state index is 13.4. The van der Waals surface area contributed by atoms with Crippen molar-refractivity contribution >= 4 is 33.4 Å². The molecule has 1 aromatic carbocycles. The average molecular weight is 454 g/mol. The predicted molar refractivity (Wildman–Crippen MR) is 113 cm³/mol. The van der Waals surface area contributed by atoms with E-state index in [1.807, 2.05) is 0 Å². The highest BCUT2D eigenvalue weighted by Crippen LogP contribution is 2.60. The summed E-state index contributed by atoms with van der Waals surface area (Å²) in [6, 6.07) is 3.92. The monoisotopic (exact) mass is 453 g/mol. The number of ether oxygens (including phenoxy) is 1. The molecule has 0 saturated heterocycles. The van der Waals surface area contributed by atoms with Gasteiger partial charge >= 0.3 is 5.97 Å². The lowest BCUT2D eigenvalue weighted by molar-refractivity contribution is -0.152. The summed E-state index contributed by atoms with van der Waals surface area (Å²) in [5.41, 5.74) is -0.418. The van der Waals surface area contributed by atoms with Crippen molar-refractivity contribution in [3.63, 3.8) is 0 Å². The van der Waals surface area contributed by atoms with E-state index < -0.39 is 22.1 Å². The molecule has 0 N–H and O–H groups in total. The molecule has 4 aliphatic carbocycles. The minimum Gasteiger partial charge on any atom is -0.451 e. The number of rotatable bonds is 6. The molecule has 30 heavy (non-hydrogen) atoms. The fraction of sp³-hybridized carbons (Fsp3) is 0.636. The summed E-state index contributed by atoms with van der Waals surface area (Å²) in [6.45, 7) is 1.62. The fourth-order valence-corrected chi connectivity index (χ4v) is 7.28. The van der Waals surface area contributed by atoms with Gasteiger partial charge in [0.25, 0.3) is 0 Å². The lowest BCUT2D eigenvalue weighted by Gasteiger charge is -2.56. The number of nitrogens with zero attached hydrogens (tertiary/aromatic N) is 1. The topological polar surface area (TPSA) is 80.8 Å². The Balaban J connectivity index is 1.52. The highest BCUT2D eigenvalue weighted by Gasteiger charge is 2.55. The molecular weight excluding hydrogens is 426 g/mol. The Morgan fingerprint density at radius 3 is 2.13 bits per heavy atom. The first-order valence-corrected chi connectivity index (χ1v) is 12.3. The summed E-state index contributed by atoms with van der Waals surface area (Å²) >= 11 is 6.15. The number of carbonyl (C=O) groups excluding carboxylic acids is 2. The molecule has 4 aliphatic rings. The van der Waals surface area contributed by atoms with Crippen LogP contribution < -0.4 is 0 Å². The zero-order valence-corrected chi connectivity index (χ0v) is 19.1. The highest BCUT2D eigenvalue weighted by atomic mass is 35.5. The van der Waals surface area contributed by atoms with Gasteiger partial charge in [0.2, 0.25) is 10.0 Å². The molecule has 1 atom stereocenters. The molecule has 0 radical (unpaired) electrons. The Bertz CT molecular complexity index is 952. The van der Waals surface area contributed by atoms with Crippen molar-refractivity contribution in [2.75, 3.05) is 14.1 Å². The number of hydrogen-bond acceptors (Lipinski definition) is 5. The number of benzene rings is 1. The molecule has 164 valence electrons. The molecule has 0 aromatic heterocycles. The maximum atomic E-state index is 13.4. The van der Waals surface area contributed by atoms with Gasteiger partial charge in [0.05, 0.1) is 15.5 Å². The summed E-state index contributed by atoms with van der Waals surface area (Å²) < 4.78 is 31.3. The van der Waals surface area contributed by atoms with Crippen LogP contribution in [0.1, 0.15) is 55.8 Å². The summed E-state index contributed by atoms with van der Waals surface area (Å²) in [7, 11) is -0.903.